The molecule has 0 amide bonds. The number of oxazole rings is 1. The van der Waals surface area contributed by atoms with Crippen molar-refractivity contribution in [3.8, 4) is 11.3 Å². The highest BCUT2D eigenvalue weighted by Gasteiger charge is 2.19. The van der Waals surface area contributed by atoms with Crippen LogP contribution in [-0.4, -0.2) is 31.0 Å². The molecule has 5 nitrogen and oxygen atoms in total. The molecule has 5 heteroatoms. The summed E-state index contributed by atoms with van der Waals surface area (Å²) in [6, 6.07) is 9.96. The van der Waals surface area contributed by atoms with E-state index in [0.717, 1.165) is 11.3 Å². The second-order valence-electron chi connectivity index (χ2n) is 4.73. The van der Waals surface area contributed by atoms with E-state index in [1.807, 2.05) is 37.3 Å². The largest absolute Gasteiger partial charge is 0.439 e. The minimum atomic E-state index is -0.166. The summed E-state index contributed by atoms with van der Waals surface area (Å²) in [5.41, 5.74) is 1.03. The Balaban J connectivity index is 1.61. The van der Waals surface area contributed by atoms with E-state index in [-0.39, 0.29) is 12.3 Å². The first-order valence-corrected chi connectivity index (χ1v) is 6.80. The summed E-state index contributed by atoms with van der Waals surface area (Å²) >= 11 is 0. The maximum Gasteiger partial charge on any atom is 0.211 e. The molecule has 1 aliphatic rings. The SMILES string of the molecule is C[C@@H](NCC1OCCO1)c1ncc(-c2ccccc2)o1. The highest BCUT2D eigenvalue weighted by atomic mass is 16.7. The van der Waals surface area contributed by atoms with Crippen molar-refractivity contribution in [2.75, 3.05) is 19.8 Å². The Morgan fingerprint density at radius 1 is 1.25 bits per heavy atom. The molecule has 0 saturated carbocycles. The molecule has 2 aromatic rings. The lowest BCUT2D eigenvalue weighted by molar-refractivity contribution is -0.0407. The number of rotatable bonds is 5. The van der Waals surface area contributed by atoms with E-state index in [4.69, 9.17) is 13.9 Å². The van der Waals surface area contributed by atoms with Crippen LogP contribution in [0.3, 0.4) is 0 Å². The number of hydrogen-bond donors (Lipinski definition) is 1. The Labute approximate surface area is 117 Å². The molecular formula is C15H18N2O3. The van der Waals surface area contributed by atoms with Gasteiger partial charge in [0.05, 0.1) is 25.5 Å². The Morgan fingerprint density at radius 3 is 2.75 bits per heavy atom. The minimum Gasteiger partial charge on any atom is -0.439 e. The molecule has 106 valence electrons. The maximum absolute atomic E-state index is 5.79. The van der Waals surface area contributed by atoms with Crippen molar-refractivity contribution in [1.29, 1.82) is 0 Å². The Morgan fingerprint density at radius 2 is 2.00 bits per heavy atom. The van der Waals surface area contributed by atoms with Crippen molar-refractivity contribution in [1.82, 2.24) is 10.3 Å². The predicted octanol–water partition coefficient (Wildman–Crippen LogP) is 2.37. The first-order valence-electron chi connectivity index (χ1n) is 6.80. The van der Waals surface area contributed by atoms with Gasteiger partial charge in [-0.1, -0.05) is 30.3 Å². The molecule has 0 spiro atoms. The van der Waals surface area contributed by atoms with Crippen LogP contribution in [0.1, 0.15) is 18.9 Å². The van der Waals surface area contributed by atoms with Gasteiger partial charge in [-0.05, 0) is 6.92 Å². The molecule has 0 bridgehead atoms. The second kappa shape index (κ2) is 6.17. The lowest BCUT2D eigenvalue weighted by Gasteiger charge is -2.13. The van der Waals surface area contributed by atoms with Crippen LogP contribution >= 0.6 is 0 Å². The molecule has 1 atom stereocenters. The van der Waals surface area contributed by atoms with Crippen LogP contribution in [0.15, 0.2) is 40.9 Å². The third kappa shape index (κ3) is 3.07. The standard InChI is InChI=1S/C15H18N2O3/c1-11(16-10-14-18-7-8-19-14)15-17-9-13(20-15)12-5-3-2-4-6-12/h2-6,9,11,14,16H,7-8,10H2,1H3/t11-/m1/s1. The summed E-state index contributed by atoms with van der Waals surface area (Å²) in [7, 11) is 0. The van der Waals surface area contributed by atoms with Gasteiger partial charge in [0.2, 0.25) is 5.89 Å². The number of benzene rings is 1. The van der Waals surface area contributed by atoms with Crippen LogP contribution in [0.4, 0.5) is 0 Å². The van der Waals surface area contributed by atoms with Crippen molar-refractivity contribution in [3.63, 3.8) is 0 Å². The number of aromatic nitrogens is 1. The molecule has 1 N–H and O–H groups in total. The van der Waals surface area contributed by atoms with E-state index in [1.165, 1.54) is 0 Å². The van der Waals surface area contributed by atoms with Gasteiger partial charge in [-0.2, -0.15) is 0 Å². The molecule has 0 aliphatic carbocycles. The van der Waals surface area contributed by atoms with E-state index in [0.29, 0.717) is 25.6 Å². The van der Waals surface area contributed by atoms with Gasteiger partial charge in [0, 0.05) is 12.1 Å². The first kappa shape index (κ1) is 13.3. The number of nitrogens with one attached hydrogen (secondary N) is 1. The summed E-state index contributed by atoms with van der Waals surface area (Å²) < 4.78 is 16.5. The topological polar surface area (TPSA) is 56.5 Å². The average Bonchev–Trinajstić information content (AvgIpc) is 3.17. The summed E-state index contributed by atoms with van der Waals surface area (Å²) in [5.74, 6) is 1.45. The predicted molar refractivity (Wildman–Crippen MR) is 74.0 cm³/mol. The molecule has 1 aromatic carbocycles. The molecule has 2 heterocycles. The van der Waals surface area contributed by atoms with Crippen molar-refractivity contribution in [2.24, 2.45) is 0 Å². The van der Waals surface area contributed by atoms with Crippen LogP contribution in [0, 0.1) is 0 Å². The summed E-state index contributed by atoms with van der Waals surface area (Å²) in [6.45, 7) is 3.97. The third-order valence-electron chi connectivity index (χ3n) is 3.23. The third-order valence-corrected chi connectivity index (χ3v) is 3.23. The molecule has 0 radical (unpaired) electrons. The first-order chi connectivity index (χ1) is 9.83. The van der Waals surface area contributed by atoms with E-state index in [1.54, 1.807) is 6.20 Å². The Bertz CT molecular complexity index is 535. The van der Waals surface area contributed by atoms with Crippen molar-refractivity contribution < 1.29 is 13.9 Å². The molecule has 3 rings (SSSR count). The fourth-order valence-electron chi connectivity index (χ4n) is 2.11. The smallest absolute Gasteiger partial charge is 0.211 e. The lowest BCUT2D eigenvalue weighted by Crippen LogP contribution is -2.29. The van der Waals surface area contributed by atoms with Gasteiger partial charge in [-0.15, -0.1) is 0 Å². The van der Waals surface area contributed by atoms with Crippen molar-refractivity contribution in [2.45, 2.75) is 19.3 Å². The monoisotopic (exact) mass is 274 g/mol. The Kier molecular flexibility index (Phi) is 4.11. The van der Waals surface area contributed by atoms with E-state index < -0.39 is 0 Å². The van der Waals surface area contributed by atoms with Gasteiger partial charge in [-0.25, -0.2) is 4.98 Å². The highest BCUT2D eigenvalue weighted by Crippen LogP contribution is 2.22. The van der Waals surface area contributed by atoms with Crippen molar-refractivity contribution >= 4 is 0 Å². The maximum atomic E-state index is 5.79. The highest BCUT2D eigenvalue weighted by molar-refractivity contribution is 5.55. The number of ether oxygens (including phenoxy) is 2. The minimum absolute atomic E-state index is 0.0141. The van der Waals surface area contributed by atoms with Gasteiger partial charge < -0.3 is 19.2 Å². The summed E-state index contributed by atoms with van der Waals surface area (Å²) in [4.78, 5) is 4.33. The lowest BCUT2D eigenvalue weighted by atomic mass is 10.2. The van der Waals surface area contributed by atoms with Crippen LogP contribution in [-0.2, 0) is 9.47 Å². The fourth-order valence-corrected chi connectivity index (χ4v) is 2.11. The van der Waals surface area contributed by atoms with E-state index in [9.17, 15) is 0 Å². The van der Waals surface area contributed by atoms with E-state index >= 15 is 0 Å². The molecule has 20 heavy (non-hydrogen) atoms. The molecular weight excluding hydrogens is 256 g/mol. The van der Waals surface area contributed by atoms with Gasteiger partial charge in [-0.3, -0.25) is 0 Å². The fraction of sp³-hybridized carbons (Fsp3) is 0.400. The quantitative estimate of drug-likeness (QED) is 0.907. The summed E-state index contributed by atoms with van der Waals surface area (Å²) in [6.07, 6.45) is 1.59. The molecule has 1 aromatic heterocycles. The van der Waals surface area contributed by atoms with Crippen LogP contribution in [0.2, 0.25) is 0 Å². The van der Waals surface area contributed by atoms with Gasteiger partial charge in [0.25, 0.3) is 0 Å². The second-order valence-corrected chi connectivity index (χ2v) is 4.73. The normalized spacial score (nSPS) is 17.4. The summed E-state index contributed by atoms with van der Waals surface area (Å²) in [5, 5.41) is 3.30. The number of nitrogens with zero attached hydrogens (tertiary/aromatic N) is 1. The zero-order valence-electron chi connectivity index (χ0n) is 11.4. The van der Waals surface area contributed by atoms with Gasteiger partial charge >= 0.3 is 0 Å². The molecule has 1 aliphatic heterocycles. The van der Waals surface area contributed by atoms with Gasteiger partial charge in [0.1, 0.15) is 0 Å². The van der Waals surface area contributed by atoms with Gasteiger partial charge in [0.15, 0.2) is 12.1 Å². The zero-order chi connectivity index (χ0) is 13.8. The zero-order valence-corrected chi connectivity index (χ0v) is 11.4. The Hall–Kier alpha value is -1.69. The van der Waals surface area contributed by atoms with E-state index in [2.05, 4.69) is 10.3 Å². The van der Waals surface area contributed by atoms with Crippen LogP contribution in [0.25, 0.3) is 11.3 Å². The average molecular weight is 274 g/mol. The molecule has 1 fully saturated rings. The van der Waals surface area contributed by atoms with Crippen molar-refractivity contribution in [3.05, 3.63) is 42.4 Å². The van der Waals surface area contributed by atoms with Crippen LogP contribution in [0.5, 0.6) is 0 Å². The molecule has 1 saturated heterocycles. The molecule has 0 unspecified atom stereocenters. The number of hydrogen-bond acceptors (Lipinski definition) is 5. The van der Waals surface area contributed by atoms with Crippen LogP contribution < -0.4 is 5.32 Å².